The maximum atomic E-state index is 11.8. The van der Waals surface area contributed by atoms with E-state index in [2.05, 4.69) is 12.2 Å². The molecule has 1 amide bonds. The molecule has 1 aliphatic heterocycles. The van der Waals surface area contributed by atoms with E-state index in [1.54, 1.807) is 0 Å². The minimum Gasteiger partial charge on any atom is -0.356 e. The first kappa shape index (κ1) is 11.9. The highest BCUT2D eigenvalue weighted by molar-refractivity contribution is 5.81. The molecule has 1 saturated heterocycles. The monoisotopic (exact) mass is 223 g/mol. The molecular weight excluding hydrogens is 198 g/mol. The molecule has 1 saturated carbocycles. The van der Waals surface area contributed by atoms with Gasteiger partial charge in [-0.25, -0.2) is 0 Å². The van der Waals surface area contributed by atoms with Gasteiger partial charge < -0.3 is 5.32 Å². The summed E-state index contributed by atoms with van der Waals surface area (Å²) in [5.74, 6) is 2.15. The lowest BCUT2D eigenvalue weighted by Gasteiger charge is -2.29. The van der Waals surface area contributed by atoms with Gasteiger partial charge in [0.1, 0.15) is 0 Å². The number of carbonyl (C=O) groups is 1. The Balaban J connectivity index is 1.93. The number of amides is 1. The van der Waals surface area contributed by atoms with Crippen molar-refractivity contribution in [1.29, 1.82) is 0 Å². The van der Waals surface area contributed by atoms with E-state index in [4.69, 9.17) is 0 Å². The van der Waals surface area contributed by atoms with Crippen LogP contribution in [0.15, 0.2) is 0 Å². The minimum atomic E-state index is 0.336. The zero-order chi connectivity index (χ0) is 11.4. The molecule has 0 radical (unpaired) electrons. The second kappa shape index (κ2) is 5.70. The molecule has 0 aromatic heterocycles. The Morgan fingerprint density at radius 2 is 2.00 bits per heavy atom. The standard InChI is InChI=1S/C14H25NO/c1-2-3-9-12-13(10-15-14(12)16)11-7-5-4-6-8-11/h11-13H,2-10H2,1H3,(H,15,16). The largest absolute Gasteiger partial charge is 0.356 e. The molecule has 0 aromatic rings. The first-order valence-corrected chi connectivity index (χ1v) is 7.10. The van der Waals surface area contributed by atoms with Gasteiger partial charge in [-0.2, -0.15) is 0 Å². The van der Waals surface area contributed by atoms with E-state index in [0.29, 0.717) is 17.7 Å². The average molecular weight is 223 g/mol. The van der Waals surface area contributed by atoms with Crippen LogP contribution in [0.2, 0.25) is 0 Å². The van der Waals surface area contributed by atoms with Crippen LogP contribution in [-0.4, -0.2) is 12.5 Å². The first-order chi connectivity index (χ1) is 7.83. The Bertz CT molecular complexity index is 233. The van der Waals surface area contributed by atoms with Crippen molar-refractivity contribution in [2.24, 2.45) is 17.8 Å². The Labute approximate surface area is 99.2 Å². The highest BCUT2D eigenvalue weighted by Gasteiger charge is 2.38. The van der Waals surface area contributed by atoms with E-state index in [1.807, 2.05) is 0 Å². The third kappa shape index (κ3) is 2.58. The van der Waals surface area contributed by atoms with Crippen molar-refractivity contribution < 1.29 is 4.79 Å². The van der Waals surface area contributed by atoms with E-state index >= 15 is 0 Å². The lowest BCUT2D eigenvalue weighted by molar-refractivity contribution is -0.123. The van der Waals surface area contributed by atoms with Crippen molar-refractivity contribution >= 4 is 5.91 Å². The van der Waals surface area contributed by atoms with Gasteiger partial charge in [-0.1, -0.05) is 51.9 Å². The molecule has 0 bridgehead atoms. The number of nitrogens with one attached hydrogen (secondary N) is 1. The molecular formula is C14H25NO. The number of hydrogen-bond donors (Lipinski definition) is 1. The third-order valence-corrected chi connectivity index (χ3v) is 4.49. The molecule has 92 valence electrons. The fourth-order valence-electron chi connectivity index (χ4n) is 3.51. The van der Waals surface area contributed by atoms with E-state index < -0.39 is 0 Å². The number of rotatable bonds is 4. The molecule has 16 heavy (non-hydrogen) atoms. The van der Waals surface area contributed by atoms with Crippen molar-refractivity contribution in [2.75, 3.05) is 6.54 Å². The number of unbranched alkanes of at least 4 members (excludes halogenated alkanes) is 1. The Kier molecular flexibility index (Phi) is 4.25. The average Bonchev–Trinajstić information content (AvgIpc) is 2.69. The highest BCUT2D eigenvalue weighted by atomic mass is 16.2. The molecule has 1 N–H and O–H groups in total. The lowest BCUT2D eigenvalue weighted by atomic mass is 9.74. The maximum absolute atomic E-state index is 11.8. The van der Waals surface area contributed by atoms with Crippen LogP contribution in [0.3, 0.4) is 0 Å². The van der Waals surface area contributed by atoms with Crippen LogP contribution in [-0.2, 0) is 4.79 Å². The van der Waals surface area contributed by atoms with Crippen molar-refractivity contribution in [3.05, 3.63) is 0 Å². The summed E-state index contributed by atoms with van der Waals surface area (Å²) in [7, 11) is 0. The second-order valence-electron chi connectivity index (χ2n) is 5.56. The number of carbonyl (C=O) groups excluding carboxylic acids is 1. The van der Waals surface area contributed by atoms with Crippen LogP contribution in [0.4, 0.5) is 0 Å². The van der Waals surface area contributed by atoms with Crippen molar-refractivity contribution in [2.45, 2.75) is 58.3 Å². The third-order valence-electron chi connectivity index (χ3n) is 4.49. The Morgan fingerprint density at radius 1 is 1.25 bits per heavy atom. The highest BCUT2D eigenvalue weighted by Crippen LogP contribution is 2.37. The smallest absolute Gasteiger partial charge is 0.223 e. The Morgan fingerprint density at radius 3 is 2.69 bits per heavy atom. The fourth-order valence-corrected chi connectivity index (χ4v) is 3.51. The van der Waals surface area contributed by atoms with Gasteiger partial charge in [0.15, 0.2) is 0 Å². The van der Waals surface area contributed by atoms with Crippen LogP contribution in [0.1, 0.15) is 58.3 Å². The fraction of sp³-hybridized carbons (Fsp3) is 0.929. The molecule has 1 aliphatic carbocycles. The molecule has 2 atom stereocenters. The van der Waals surface area contributed by atoms with Crippen LogP contribution in [0.25, 0.3) is 0 Å². The van der Waals surface area contributed by atoms with Crippen molar-refractivity contribution in [3.8, 4) is 0 Å². The predicted molar refractivity (Wildman–Crippen MR) is 66.1 cm³/mol. The van der Waals surface area contributed by atoms with Crippen molar-refractivity contribution in [1.82, 2.24) is 5.32 Å². The summed E-state index contributed by atoms with van der Waals surface area (Å²) < 4.78 is 0. The van der Waals surface area contributed by atoms with Gasteiger partial charge in [0.25, 0.3) is 0 Å². The first-order valence-electron chi connectivity index (χ1n) is 7.10. The summed E-state index contributed by atoms with van der Waals surface area (Å²) in [6.07, 6.45) is 10.4. The molecule has 2 nitrogen and oxygen atoms in total. The summed E-state index contributed by atoms with van der Waals surface area (Å²) in [6, 6.07) is 0. The minimum absolute atomic E-state index is 0.336. The van der Waals surface area contributed by atoms with Crippen LogP contribution in [0.5, 0.6) is 0 Å². The predicted octanol–water partition coefficient (Wildman–Crippen LogP) is 3.12. The molecule has 2 unspecified atom stereocenters. The molecule has 0 spiro atoms. The van der Waals surface area contributed by atoms with Crippen molar-refractivity contribution in [3.63, 3.8) is 0 Å². The van der Waals surface area contributed by atoms with Gasteiger partial charge in [0.05, 0.1) is 0 Å². The van der Waals surface area contributed by atoms with E-state index in [9.17, 15) is 4.79 Å². The molecule has 2 heteroatoms. The molecule has 2 rings (SSSR count). The summed E-state index contributed by atoms with van der Waals surface area (Å²) in [5, 5.41) is 3.09. The van der Waals surface area contributed by atoms with Gasteiger partial charge in [0, 0.05) is 12.5 Å². The zero-order valence-electron chi connectivity index (χ0n) is 10.5. The normalized spacial score (nSPS) is 31.7. The van der Waals surface area contributed by atoms with Gasteiger partial charge >= 0.3 is 0 Å². The zero-order valence-corrected chi connectivity index (χ0v) is 10.5. The quantitative estimate of drug-likeness (QED) is 0.779. The molecule has 2 fully saturated rings. The summed E-state index contributed by atoms with van der Waals surface area (Å²) in [4.78, 5) is 11.8. The van der Waals surface area contributed by atoms with Crippen LogP contribution < -0.4 is 5.32 Å². The van der Waals surface area contributed by atoms with E-state index in [-0.39, 0.29) is 0 Å². The lowest BCUT2D eigenvalue weighted by Crippen LogP contribution is -2.25. The molecule has 2 aliphatic rings. The van der Waals surface area contributed by atoms with E-state index in [0.717, 1.165) is 18.9 Å². The van der Waals surface area contributed by atoms with E-state index in [1.165, 1.54) is 44.9 Å². The second-order valence-corrected chi connectivity index (χ2v) is 5.56. The maximum Gasteiger partial charge on any atom is 0.223 e. The Hall–Kier alpha value is -0.530. The number of hydrogen-bond acceptors (Lipinski definition) is 1. The van der Waals surface area contributed by atoms with Gasteiger partial charge in [-0.15, -0.1) is 0 Å². The summed E-state index contributed by atoms with van der Waals surface area (Å²) in [6.45, 7) is 3.17. The van der Waals surface area contributed by atoms with Crippen LogP contribution >= 0.6 is 0 Å². The van der Waals surface area contributed by atoms with Gasteiger partial charge in [-0.05, 0) is 18.3 Å². The topological polar surface area (TPSA) is 29.1 Å². The van der Waals surface area contributed by atoms with Gasteiger partial charge in [0.2, 0.25) is 5.91 Å². The summed E-state index contributed by atoms with van der Waals surface area (Å²) in [5.41, 5.74) is 0. The van der Waals surface area contributed by atoms with Gasteiger partial charge in [-0.3, -0.25) is 4.79 Å². The molecule has 0 aromatic carbocycles. The molecule has 1 heterocycles. The SMILES string of the molecule is CCCCC1C(=O)NCC1C1CCCCC1. The summed E-state index contributed by atoms with van der Waals surface area (Å²) >= 11 is 0. The van der Waals surface area contributed by atoms with Crippen LogP contribution in [0, 0.1) is 17.8 Å².